The van der Waals surface area contributed by atoms with Gasteiger partial charge in [-0.05, 0) is 38.0 Å². The minimum Gasteiger partial charge on any atom is -0.461 e. The number of esters is 1. The number of carbonyl (C=O) groups excluding carboxylic acids is 1. The Bertz CT molecular complexity index is 232. The van der Waals surface area contributed by atoms with Gasteiger partial charge in [-0.2, -0.15) is 0 Å². The lowest BCUT2D eigenvalue weighted by Crippen LogP contribution is -2.43. The molecule has 4 atom stereocenters. The van der Waals surface area contributed by atoms with Crippen LogP contribution in [0.15, 0.2) is 0 Å². The van der Waals surface area contributed by atoms with Crippen molar-refractivity contribution in [1.82, 2.24) is 0 Å². The summed E-state index contributed by atoms with van der Waals surface area (Å²) in [5, 5.41) is 9.20. The van der Waals surface area contributed by atoms with E-state index in [-0.39, 0.29) is 6.10 Å². The van der Waals surface area contributed by atoms with Crippen molar-refractivity contribution in [3.05, 3.63) is 0 Å². The smallest absolute Gasteiger partial charge is 0.325 e. The van der Waals surface area contributed by atoms with Crippen molar-refractivity contribution in [1.29, 1.82) is 0 Å². The van der Waals surface area contributed by atoms with Gasteiger partial charge in [0.05, 0.1) is 6.10 Å². The first-order chi connectivity index (χ1) is 7.40. The highest BCUT2D eigenvalue weighted by atomic mass is 16.5. The summed E-state index contributed by atoms with van der Waals surface area (Å²) < 4.78 is 5.33. The van der Waals surface area contributed by atoms with E-state index in [0.29, 0.717) is 11.8 Å². The third-order valence-electron chi connectivity index (χ3n) is 3.21. The first-order valence-electron chi connectivity index (χ1n) is 6.04. The Hall–Kier alpha value is -0.610. The third-order valence-corrected chi connectivity index (χ3v) is 3.21. The highest BCUT2D eigenvalue weighted by molar-refractivity contribution is 5.76. The number of nitrogens with two attached hydrogens (primary N) is 1. The van der Waals surface area contributed by atoms with E-state index in [1.54, 1.807) is 0 Å². The highest BCUT2D eigenvalue weighted by Gasteiger charge is 2.29. The highest BCUT2D eigenvalue weighted by Crippen LogP contribution is 2.30. The quantitative estimate of drug-likeness (QED) is 0.710. The molecule has 0 bridgehead atoms. The number of aliphatic hydroxyl groups excluding tert-OH is 1. The molecular formula is C12H23NO3. The summed E-state index contributed by atoms with van der Waals surface area (Å²) in [6.45, 7) is 5.84. The fourth-order valence-corrected chi connectivity index (χ4v) is 2.41. The predicted molar refractivity (Wildman–Crippen MR) is 61.7 cm³/mol. The van der Waals surface area contributed by atoms with Gasteiger partial charge >= 0.3 is 5.97 Å². The Balaban J connectivity index is 2.44. The van der Waals surface area contributed by atoms with Crippen molar-refractivity contribution >= 4 is 5.97 Å². The molecule has 3 N–H and O–H groups in total. The maximum Gasteiger partial charge on any atom is 0.325 e. The number of ether oxygens (including phenoxy) is 1. The van der Waals surface area contributed by atoms with Gasteiger partial charge in [0.25, 0.3) is 0 Å². The molecule has 0 heterocycles. The average molecular weight is 229 g/mol. The second kappa shape index (κ2) is 5.64. The van der Waals surface area contributed by atoms with Crippen LogP contribution in [0.1, 0.15) is 40.0 Å². The molecule has 0 aromatic heterocycles. The number of carbonyl (C=O) groups is 1. The largest absolute Gasteiger partial charge is 0.461 e. The Labute approximate surface area is 97.2 Å². The van der Waals surface area contributed by atoms with Crippen molar-refractivity contribution in [2.24, 2.45) is 17.6 Å². The zero-order valence-electron chi connectivity index (χ0n) is 10.3. The summed E-state index contributed by atoms with van der Waals surface area (Å²) in [5.74, 6) is 0.690. The van der Waals surface area contributed by atoms with Crippen LogP contribution in [0.3, 0.4) is 0 Å². The van der Waals surface area contributed by atoms with Gasteiger partial charge in [0.1, 0.15) is 12.1 Å². The molecule has 4 unspecified atom stereocenters. The van der Waals surface area contributed by atoms with E-state index < -0.39 is 18.1 Å². The van der Waals surface area contributed by atoms with Crippen molar-refractivity contribution in [3.63, 3.8) is 0 Å². The summed E-state index contributed by atoms with van der Waals surface area (Å²) in [5.41, 5.74) is 5.52. The number of rotatable bonds is 3. The lowest BCUT2D eigenvalue weighted by Gasteiger charge is -2.31. The zero-order valence-corrected chi connectivity index (χ0v) is 10.3. The van der Waals surface area contributed by atoms with Crippen LogP contribution in [0.2, 0.25) is 0 Å². The number of aliphatic hydroxyl groups is 1. The lowest BCUT2D eigenvalue weighted by atomic mass is 9.82. The van der Waals surface area contributed by atoms with Gasteiger partial charge in [-0.25, -0.2) is 0 Å². The van der Waals surface area contributed by atoms with Gasteiger partial charge in [-0.3, -0.25) is 4.79 Å². The van der Waals surface area contributed by atoms with E-state index in [9.17, 15) is 9.90 Å². The second-order valence-electron chi connectivity index (χ2n) is 5.24. The molecule has 1 fully saturated rings. The van der Waals surface area contributed by atoms with E-state index in [1.165, 1.54) is 13.3 Å². The van der Waals surface area contributed by atoms with E-state index >= 15 is 0 Å². The lowest BCUT2D eigenvalue weighted by molar-refractivity contribution is -0.156. The predicted octanol–water partition coefficient (Wildman–Crippen LogP) is 1.06. The fraction of sp³-hybridized carbons (Fsp3) is 0.917. The number of hydrogen-bond donors (Lipinski definition) is 2. The molecule has 0 aliphatic heterocycles. The van der Waals surface area contributed by atoms with E-state index in [2.05, 4.69) is 13.8 Å². The molecule has 1 aliphatic carbocycles. The molecule has 0 aromatic rings. The summed E-state index contributed by atoms with van der Waals surface area (Å²) >= 11 is 0. The summed E-state index contributed by atoms with van der Waals surface area (Å²) in [6, 6.07) is -0.924. The molecular weight excluding hydrogens is 206 g/mol. The van der Waals surface area contributed by atoms with Gasteiger partial charge in [0.2, 0.25) is 0 Å². The van der Waals surface area contributed by atoms with E-state index in [0.717, 1.165) is 12.8 Å². The minimum absolute atomic E-state index is 0.0314. The van der Waals surface area contributed by atoms with Crippen LogP contribution in [0, 0.1) is 11.8 Å². The molecule has 0 radical (unpaired) electrons. The van der Waals surface area contributed by atoms with Gasteiger partial charge in [-0.15, -0.1) is 0 Å². The van der Waals surface area contributed by atoms with Crippen molar-refractivity contribution in [3.8, 4) is 0 Å². The molecule has 4 heteroatoms. The van der Waals surface area contributed by atoms with Crippen LogP contribution >= 0.6 is 0 Å². The van der Waals surface area contributed by atoms with Gasteiger partial charge < -0.3 is 15.6 Å². The molecule has 0 aromatic carbocycles. The Morgan fingerprint density at radius 2 is 1.81 bits per heavy atom. The van der Waals surface area contributed by atoms with Crippen molar-refractivity contribution in [2.45, 2.75) is 58.3 Å². The molecule has 16 heavy (non-hydrogen) atoms. The first kappa shape index (κ1) is 13.5. The Morgan fingerprint density at radius 1 is 1.31 bits per heavy atom. The van der Waals surface area contributed by atoms with Crippen LogP contribution < -0.4 is 5.73 Å². The normalized spacial score (nSPS) is 34.2. The third kappa shape index (κ3) is 3.76. The van der Waals surface area contributed by atoms with E-state index in [1.807, 2.05) is 0 Å². The second-order valence-corrected chi connectivity index (χ2v) is 5.24. The fourth-order valence-electron chi connectivity index (χ4n) is 2.41. The van der Waals surface area contributed by atoms with Crippen LogP contribution in [0.5, 0.6) is 0 Å². The van der Waals surface area contributed by atoms with Gasteiger partial charge in [0, 0.05) is 0 Å². The zero-order chi connectivity index (χ0) is 12.3. The van der Waals surface area contributed by atoms with Crippen LogP contribution in [0.4, 0.5) is 0 Å². The van der Waals surface area contributed by atoms with Crippen molar-refractivity contribution < 1.29 is 14.6 Å². The SMILES string of the molecule is CC1CC(C)CC(OC(=O)C(N)C(C)O)C1. The summed E-state index contributed by atoms with van der Waals surface area (Å²) in [6.07, 6.45) is 2.11. The van der Waals surface area contributed by atoms with Gasteiger partial charge in [-0.1, -0.05) is 13.8 Å². The molecule has 0 spiro atoms. The standard InChI is InChI=1S/C12H23NO3/c1-7-4-8(2)6-10(5-7)16-12(15)11(13)9(3)14/h7-11,14H,4-6,13H2,1-3H3. The maximum atomic E-state index is 11.6. The molecule has 0 saturated heterocycles. The maximum absolute atomic E-state index is 11.6. The topological polar surface area (TPSA) is 72.5 Å². The average Bonchev–Trinajstić information content (AvgIpc) is 2.14. The molecule has 1 aliphatic rings. The van der Waals surface area contributed by atoms with Gasteiger partial charge in [0.15, 0.2) is 0 Å². The van der Waals surface area contributed by atoms with Crippen LogP contribution in [-0.4, -0.2) is 29.3 Å². The minimum atomic E-state index is -0.924. The Kier molecular flexibility index (Phi) is 4.74. The first-order valence-corrected chi connectivity index (χ1v) is 6.04. The molecule has 1 saturated carbocycles. The molecule has 0 amide bonds. The molecule has 4 nitrogen and oxygen atoms in total. The summed E-state index contributed by atoms with van der Waals surface area (Å²) in [7, 11) is 0. The summed E-state index contributed by atoms with van der Waals surface area (Å²) in [4.78, 5) is 11.6. The van der Waals surface area contributed by atoms with E-state index in [4.69, 9.17) is 10.5 Å². The monoisotopic (exact) mass is 229 g/mol. The van der Waals surface area contributed by atoms with Crippen LogP contribution in [-0.2, 0) is 9.53 Å². The Morgan fingerprint density at radius 3 is 2.25 bits per heavy atom. The number of hydrogen-bond acceptors (Lipinski definition) is 4. The molecule has 1 rings (SSSR count). The van der Waals surface area contributed by atoms with Crippen LogP contribution in [0.25, 0.3) is 0 Å². The molecule has 94 valence electrons. The van der Waals surface area contributed by atoms with Crippen molar-refractivity contribution in [2.75, 3.05) is 0 Å².